The van der Waals surface area contributed by atoms with Gasteiger partial charge >= 0.3 is 5.51 Å². The largest absolute Gasteiger partial charge is 0.441 e. The monoisotopic (exact) mass is 278 g/mol. The van der Waals surface area contributed by atoms with E-state index in [9.17, 15) is 17.6 Å². The van der Waals surface area contributed by atoms with Gasteiger partial charge in [-0.05, 0) is 17.8 Å². The Labute approximate surface area is 106 Å². The summed E-state index contributed by atoms with van der Waals surface area (Å²) in [6, 6.07) is 6.06. The van der Waals surface area contributed by atoms with Gasteiger partial charge in [-0.25, -0.2) is 4.39 Å². The van der Waals surface area contributed by atoms with Crippen molar-refractivity contribution in [2.75, 3.05) is 12.3 Å². The molecule has 0 saturated heterocycles. The van der Waals surface area contributed by atoms with Crippen molar-refractivity contribution in [3.05, 3.63) is 35.1 Å². The molecule has 0 saturated carbocycles. The summed E-state index contributed by atoms with van der Waals surface area (Å²) >= 11 is -0.128. The highest BCUT2D eigenvalue weighted by Crippen LogP contribution is 2.29. The minimum atomic E-state index is -4.24. The van der Waals surface area contributed by atoms with E-state index in [0.29, 0.717) is 0 Å². The van der Waals surface area contributed by atoms with Crippen molar-refractivity contribution in [1.29, 1.82) is 5.26 Å². The van der Waals surface area contributed by atoms with Gasteiger partial charge in [0.2, 0.25) is 0 Å². The molecule has 1 aromatic carbocycles. The van der Waals surface area contributed by atoms with Crippen molar-refractivity contribution >= 4 is 11.8 Å². The summed E-state index contributed by atoms with van der Waals surface area (Å²) in [6.45, 7) is 0.209. The molecule has 1 N–H and O–H groups in total. The van der Waals surface area contributed by atoms with Crippen LogP contribution >= 0.6 is 11.8 Å². The lowest BCUT2D eigenvalue weighted by atomic mass is 10.1. The minimum Gasteiger partial charge on any atom is -0.312 e. The van der Waals surface area contributed by atoms with E-state index in [1.54, 1.807) is 6.07 Å². The van der Waals surface area contributed by atoms with E-state index in [1.807, 2.05) is 0 Å². The molecule has 0 radical (unpaired) electrons. The predicted octanol–water partition coefficient (Wildman–Crippen LogP) is 3.04. The molecular weight excluding hydrogens is 268 g/mol. The van der Waals surface area contributed by atoms with Crippen LogP contribution in [0.25, 0.3) is 0 Å². The lowest BCUT2D eigenvalue weighted by Gasteiger charge is -2.08. The molecule has 0 heterocycles. The standard InChI is InChI=1S/C11H10F4N2S/c12-10-8(6-16)2-1-3-9(10)7-17-4-5-18-11(13,14)15/h1-3,17H,4-5,7H2. The normalized spacial score (nSPS) is 11.3. The third-order valence-corrected chi connectivity index (χ3v) is 2.79. The zero-order chi connectivity index (χ0) is 13.6. The van der Waals surface area contributed by atoms with Gasteiger partial charge in [-0.15, -0.1) is 0 Å². The van der Waals surface area contributed by atoms with E-state index in [1.165, 1.54) is 18.2 Å². The van der Waals surface area contributed by atoms with Gasteiger partial charge in [-0.3, -0.25) is 0 Å². The number of nitrogens with zero attached hydrogens (tertiary/aromatic N) is 1. The van der Waals surface area contributed by atoms with Crippen molar-refractivity contribution in [3.8, 4) is 6.07 Å². The molecule has 1 rings (SSSR count). The number of rotatable bonds is 5. The number of thioether (sulfide) groups is 1. The smallest absolute Gasteiger partial charge is 0.312 e. The van der Waals surface area contributed by atoms with Gasteiger partial charge in [0.1, 0.15) is 11.9 Å². The number of hydrogen-bond donors (Lipinski definition) is 1. The molecule has 0 aliphatic carbocycles. The van der Waals surface area contributed by atoms with Crippen molar-refractivity contribution in [3.63, 3.8) is 0 Å². The second kappa shape index (κ2) is 6.61. The quantitative estimate of drug-likeness (QED) is 0.664. The van der Waals surface area contributed by atoms with Crippen LogP contribution in [0, 0.1) is 17.1 Å². The molecule has 0 atom stereocenters. The summed E-state index contributed by atoms with van der Waals surface area (Å²) in [5, 5.41) is 11.3. The molecule has 98 valence electrons. The zero-order valence-electron chi connectivity index (χ0n) is 9.22. The first-order valence-electron chi connectivity index (χ1n) is 5.03. The SMILES string of the molecule is N#Cc1cccc(CNCCSC(F)(F)F)c1F. The Hall–Kier alpha value is -1.26. The van der Waals surface area contributed by atoms with Crippen LogP contribution in [0.5, 0.6) is 0 Å². The van der Waals surface area contributed by atoms with Crippen LogP contribution in [0.3, 0.4) is 0 Å². The number of hydrogen-bond acceptors (Lipinski definition) is 3. The minimum absolute atomic E-state index is 0.0704. The lowest BCUT2D eigenvalue weighted by molar-refractivity contribution is -0.0327. The summed E-state index contributed by atoms with van der Waals surface area (Å²) in [7, 11) is 0. The predicted molar refractivity (Wildman–Crippen MR) is 61.3 cm³/mol. The second-order valence-electron chi connectivity index (χ2n) is 3.36. The van der Waals surface area contributed by atoms with Crippen LogP contribution in [-0.4, -0.2) is 17.8 Å². The van der Waals surface area contributed by atoms with Gasteiger partial charge in [0, 0.05) is 24.4 Å². The van der Waals surface area contributed by atoms with Gasteiger partial charge in [0.15, 0.2) is 0 Å². The third-order valence-electron chi connectivity index (χ3n) is 2.06. The number of nitriles is 1. The number of benzene rings is 1. The summed E-state index contributed by atoms with van der Waals surface area (Å²) in [4.78, 5) is 0. The van der Waals surface area contributed by atoms with E-state index in [2.05, 4.69) is 5.32 Å². The van der Waals surface area contributed by atoms with Crippen LogP contribution < -0.4 is 5.32 Å². The second-order valence-corrected chi connectivity index (χ2v) is 4.52. The molecule has 0 amide bonds. The molecule has 2 nitrogen and oxygen atoms in total. The van der Waals surface area contributed by atoms with Gasteiger partial charge in [-0.1, -0.05) is 12.1 Å². The molecule has 0 unspecified atom stereocenters. The van der Waals surface area contributed by atoms with E-state index < -0.39 is 11.3 Å². The van der Waals surface area contributed by atoms with Crippen molar-refractivity contribution in [1.82, 2.24) is 5.32 Å². The summed E-state index contributed by atoms with van der Waals surface area (Å²) in [5.74, 6) is -0.765. The lowest BCUT2D eigenvalue weighted by Crippen LogP contribution is -2.19. The van der Waals surface area contributed by atoms with Gasteiger partial charge < -0.3 is 5.32 Å². The Morgan fingerprint density at radius 1 is 1.33 bits per heavy atom. The molecular formula is C11H10F4N2S. The van der Waals surface area contributed by atoms with Crippen molar-refractivity contribution in [2.45, 2.75) is 12.1 Å². The van der Waals surface area contributed by atoms with Crippen molar-refractivity contribution < 1.29 is 17.6 Å². The molecule has 0 fully saturated rings. The molecule has 0 spiro atoms. The number of nitrogens with one attached hydrogen (secondary N) is 1. The Morgan fingerprint density at radius 3 is 2.67 bits per heavy atom. The first-order valence-corrected chi connectivity index (χ1v) is 6.01. The average molecular weight is 278 g/mol. The highest BCUT2D eigenvalue weighted by molar-refractivity contribution is 8.00. The fourth-order valence-corrected chi connectivity index (χ4v) is 1.74. The Kier molecular flexibility index (Phi) is 5.44. The molecule has 0 aromatic heterocycles. The molecule has 1 aromatic rings. The maximum absolute atomic E-state index is 13.5. The highest BCUT2D eigenvalue weighted by Gasteiger charge is 2.27. The van der Waals surface area contributed by atoms with Gasteiger partial charge in [0.05, 0.1) is 5.56 Å². The van der Waals surface area contributed by atoms with E-state index in [4.69, 9.17) is 5.26 Å². The summed E-state index contributed by atoms with van der Waals surface area (Å²) in [5.41, 5.74) is -4.04. The summed E-state index contributed by atoms with van der Waals surface area (Å²) < 4.78 is 48.9. The molecule has 18 heavy (non-hydrogen) atoms. The van der Waals surface area contributed by atoms with E-state index in [-0.39, 0.29) is 41.7 Å². The molecule has 0 aliphatic heterocycles. The zero-order valence-corrected chi connectivity index (χ0v) is 10.0. The first kappa shape index (κ1) is 14.8. The topological polar surface area (TPSA) is 35.8 Å². The van der Waals surface area contributed by atoms with Gasteiger partial charge in [0.25, 0.3) is 0 Å². The van der Waals surface area contributed by atoms with Crippen LogP contribution in [0.1, 0.15) is 11.1 Å². The van der Waals surface area contributed by atoms with Gasteiger partial charge in [-0.2, -0.15) is 18.4 Å². The van der Waals surface area contributed by atoms with Crippen LogP contribution in [0.4, 0.5) is 17.6 Å². The van der Waals surface area contributed by atoms with E-state index in [0.717, 1.165) is 0 Å². The van der Waals surface area contributed by atoms with Crippen molar-refractivity contribution in [2.24, 2.45) is 0 Å². The van der Waals surface area contributed by atoms with Crippen LogP contribution in [-0.2, 0) is 6.54 Å². The Bertz CT molecular complexity index is 440. The average Bonchev–Trinajstić information content (AvgIpc) is 2.29. The third kappa shape index (κ3) is 4.94. The number of alkyl halides is 3. The van der Waals surface area contributed by atoms with Crippen LogP contribution in [0.15, 0.2) is 18.2 Å². The maximum atomic E-state index is 13.5. The Balaban J connectivity index is 2.39. The maximum Gasteiger partial charge on any atom is 0.441 e. The first-order chi connectivity index (χ1) is 8.44. The molecule has 0 bridgehead atoms. The summed E-state index contributed by atoms with van der Waals surface area (Å²) in [6.07, 6.45) is 0. The molecule has 0 aliphatic rings. The fourth-order valence-electron chi connectivity index (χ4n) is 1.26. The van der Waals surface area contributed by atoms with Crippen LogP contribution in [0.2, 0.25) is 0 Å². The van der Waals surface area contributed by atoms with E-state index >= 15 is 0 Å². The number of halogens is 4. The Morgan fingerprint density at radius 2 is 2.06 bits per heavy atom. The molecule has 7 heteroatoms. The fraction of sp³-hybridized carbons (Fsp3) is 0.364. The highest BCUT2D eigenvalue weighted by atomic mass is 32.2.